The molecule has 0 radical (unpaired) electrons. The quantitative estimate of drug-likeness (QED) is 0.203. The third kappa shape index (κ3) is 12.9. The van der Waals surface area contributed by atoms with Crippen molar-refractivity contribution in [1.29, 1.82) is 0 Å². The topological polar surface area (TPSA) is 71.0 Å². The van der Waals surface area contributed by atoms with Gasteiger partial charge in [0.15, 0.2) is 12.6 Å². The molecule has 0 saturated carbocycles. The molecule has 0 aliphatic rings. The lowest BCUT2D eigenvalue weighted by Gasteiger charge is -2.18. The highest BCUT2D eigenvalue weighted by atomic mass is 127. The molecule has 0 bridgehead atoms. The van der Waals surface area contributed by atoms with Gasteiger partial charge in [-0.2, -0.15) is 13.2 Å². The van der Waals surface area contributed by atoms with Gasteiger partial charge in [0.05, 0.1) is 0 Å². The van der Waals surface area contributed by atoms with E-state index in [1.165, 1.54) is 12.3 Å². The van der Waals surface area contributed by atoms with Crippen molar-refractivity contribution in [3.05, 3.63) is 23.9 Å². The largest absolute Gasteiger partial charge is 0.468 e. The van der Waals surface area contributed by atoms with Gasteiger partial charge in [-0.05, 0) is 19.0 Å². The first-order valence-electron chi connectivity index (χ1n) is 8.60. The van der Waals surface area contributed by atoms with Crippen LogP contribution in [0.4, 0.5) is 13.2 Å². The number of ether oxygens (including phenoxy) is 2. The van der Waals surface area contributed by atoms with Gasteiger partial charge in [-0.25, -0.2) is 4.98 Å². The SMILES string of the molecule is CN=C(NCCN(C)CCCOC)NCc1ccc(OCC(F)(F)F)nc1.I. The van der Waals surface area contributed by atoms with Crippen LogP contribution in [-0.4, -0.2) is 76.1 Å². The molecular weight excluding hydrogens is 490 g/mol. The zero-order valence-electron chi connectivity index (χ0n) is 16.4. The van der Waals surface area contributed by atoms with E-state index in [2.05, 4.69) is 30.2 Å². The van der Waals surface area contributed by atoms with Crippen molar-refractivity contribution in [3.63, 3.8) is 0 Å². The minimum atomic E-state index is -4.38. The molecule has 1 aromatic rings. The van der Waals surface area contributed by atoms with Crippen LogP contribution >= 0.6 is 24.0 Å². The Morgan fingerprint density at radius 3 is 2.57 bits per heavy atom. The summed E-state index contributed by atoms with van der Waals surface area (Å²) in [6, 6.07) is 3.07. The molecule has 0 fully saturated rings. The van der Waals surface area contributed by atoms with Crippen LogP contribution in [0.15, 0.2) is 23.3 Å². The Hall–Kier alpha value is -1.34. The number of likely N-dealkylation sites (N-methyl/N-ethyl adjacent to an activating group) is 1. The number of hydrogen-bond acceptors (Lipinski definition) is 5. The number of aliphatic imine (C=N–C) groups is 1. The lowest BCUT2D eigenvalue weighted by molar-refractivity contribution is -0.154. The second kappa shape index (κ2) is 14.6. The van der Waals surface area contributed by atoms with Crippen LogP contribution < -0.4 is 15.4 Å². The van der Waals surface area contributed by atoms with Gasteiger partial charge in [0.1, 0.15) is 0 Å². The monoisotopic (exact) mass is 519 g/mol. The number of alkyl halides is 3. The van der Waals surface area contributed by atoms with E-state index < -0.39 is 12.8 Å². The fourth-order valence-electron chi connectivity index (χ4n) is 2.12. The maximum absolute atomic E-state index is 12.1. The Bertz CT molecular complexity index is 559. The predicted octanol–water partition coefficient (Wildman–Crippen LogP) is 2.27. The van der Waals surface area contributed by atoms with E-state index in [1.807, 2.05) is 7.05 Å². The third-order valence-electron chi connectivity index (χ3n) is 3.54. The number of hydrogen-bond donors (Lipinski definition) is 2. The van der Waals surface area contributed by atoms with Gasteiger partial charge in [-0.3, -0.25) is 4.99 Å². The molecule has 0 saturated heterocycles. The van der Waals surface area contributed by atoms with Gasteiger partial charge in [-0.1, -0.05) is 6.07 Å². The van der Waals surface area contributed by atoms with Crippen LogP contribution in [0.25, 0.3) is 0 Å². The molecule has 162 valence electrons. The summed E-state index contributed by atoms with van der Waals surface area (Å²) in [4.78, 5) is 10.2. The highest BCUT2D eigenvalue weighted by Crippen LogP contribution is 2.16. The maximum Gasteiger partial charge on any atom is 0.422 e. The summed E-state index contributed by atoms with van der Waals surface area (Å²) in [7, 11) is 5.40. The fraction of sp³-hybridized carbons (Fsp3) is 0.647. The molecule has 0 aliphatic carbocycles. The highest BCUT2D eigenvalue weighted by Gasteiger charge is 2.28. The van der Waals surface area contributed by atoms with E-state index in [1.54, 1.807) is 20.2 Å². The Morgan fingerprint density at radius 1 is 1.25 bits per heavy atom. The van der Waals surface area contributed by atoms with Gasteiger partial charge in [-0.15, -0.1) is 24.0 Å². The molecular formula is C17H29F3IN5O2. The second-order valence-electron chi connectivity index (χ2n) is 5.91. The maximum atomic E-state index is 12.1. The first-order chi connectivity index (χ1) is 12.8. The van der Waals surface area contributed by atoms with Crippen molar-refractivity contribution in [3.8, 4) is 5.88 Å². The number of aromatic nitrogens is 1. The van der Waals surface area contributed by atoms with Crippen molar-refractivity contribution in [2.45, 2.75) is 19.1 Å². The van der Waals surface area contributed by atoms with Crippen molar-refractivity contribution in [2.75, 3.05) is 54.1 Å². The first kappa shape index (κ1) is 26.7. The Morgan fingerprint density at radius 2 is 2.00 bits per heavy atom. The molecule has 1 rings (SSSR count). The fourth-order valence-corrected chi connectivity index (χ4v) is 2.12. The predicted molar refractivity (Wildman–Crippen MR) is 113 cm³/mol. The normalized spacial score (nSPS) is 11.9. The number of nitrogens with zero attached hydrogens (tertiary/aromatic N) is 3. The summed E-state index contributed by atoms with van der Waals surface area (Å²) in [5, 5.41) is 6.33. The lowest BCUT2D eigenvalue weighted by atomic mass is 10.3. The van der Waals surface area contributed by atoms with Crippen LogP contribution in [0.2, 0.25) is 0 Å². The van der Waals surface area contributed by atoms with Crippen molar-refractivity contribution >= 4 is 29.9 Å². The molecule has 1 aromatic heterocycles. The third-order valence-corrected chi connectivity index (χ3v) is 3.54. The summed E-state index contributed by atoms with van der Waals surface area (Å²) < 4.78 is 45.9. The van der Waals surface area contributed by atoms with Crippen LogP contribution in [0.5, 0.6) is 5.88 Å². The number of methoxy groups -OCH3 is 1. The number of guanidine groups is 1. The highest BCUT2D eigenvalue weighted by molar-refractivity contribution is 14.0. The second-order valence-corrected chi connectivity index (χ2v) is 5.91. The zero-order valence-corrected chi connectivity index (χ0v) is 18.7. The van der Waals surface area contributed by atoms with Crippen molar-refractivity contribution in [2.24, 2.45) is 4.99 Å². The lowest BCUT2D eigenvalue weighted by Crippen LogP contribution is -2.40. The van der Waals surface area contributed by atoms with Gasteiger partial charge in [0, 0.05) is 59.2 Å². The van der Waals surface area contributed by atoms with E-state index in [4.69, 9.17) is 4.74 Å². The molecule has 0 amide bonds. The number of halogens is 4. The van der Waals surface area contributed by atoms with Gasteiger partial charge in [0.25, 0.3) is 0 Å². The number of rotatable bonds is 11. The summed E-state index contributed by atoms with van der Waals surface area (Å²) in [6.07, 6.45) is -1.93. The van der Waals surface area contributed by atoms with E-state index >= 15 is 0 Å². The Kier molecular flexibility index (Phi) is 13.9. The Labute approximate surface area is 181 Å². The minimum Gasteiger partial charge on any atom is -0.468 e. The van der Waals surface area contributed by atoms with E-state index in [0.717, 1.165) is 38.2 Å². The summed E-state index contributed by atoms with van der Waals surface area (Å²) in [6.45, 7) is 2.37. The van der Waals surface area contributed by atoms with Gasteiger partial charge in [0.2, 0.25) is 5.88 Å². The van der Waals surface area contributed by atoms with Crippen molar-refractivity contribution in [1.82, 2.24) is 20.5 Å². The van der Waals surface area contributed by atoms with Crippen LogP contribution in [0.1, 0.15) is 12.0 Å². The average Bonchev–Trinajstić information content (AvgIpc) is 2.63. The first-order valence-corrected chi connectivity index (χ1v) is 8.60. The minimum absolute atomic E-state index is 0. The molecule has 0 unspecified atom stereocenters. The molecule has 11 heteroatoms. The zero-order chi connectivity index (χ0) is 20.1. The van der Waals surface area contributed by atoms with Crippen LogP contribution in [-0.2, 0) is 11.3 Å². The van der Waals surface area contributed by atoms with E-state index in [0.29, 0.717) is 12.5 Å². The van der Waals surface area contributed by atoms with E-state index in [9.17, 15) is 13.2 Å². The molecule has 1 heterocycles. The molecule has 0 aromatic carbocycles. The summed E-state index contributed by atoms with van der Waals surface area (Å²) >= 11 is 0. The Balaban J connectivity index is 0.00000729. The smallest absolute Gasteiger partial charge is 0.422 e. The van der Waals surface area contributed by atoms with Crippen LogP contribution in [0.3, 0.4) is 0 Å². The van der Waals surface area contributed by atoms with Crippen LogP contribution in [0, 0.1) is 0 Å². The van der Waals surface area contributed by atoms with E-state index in [-0.39, 0.29) is 29.9 Å². The van der Waals surface area contributed by atoms with Gasteiger partial charge < -0.3 is 25.0 Å². The molecule has 0 spiro atoms. The number of pyridine rings is 1. The van der Waals surface area contributed by atoms with Gasteiger partial charge >= 0.3 is 6.18 Å². The molecule has 2 N–H and O–H groups in total. The molecule has 28 heavy (non-hydrogen) atoms. The average molecular weight is 519 g/mol. The summed E-state index contributed by atoms with van der Waals surface area (Å²) in [5.74, 6) is 0.577. The molecule has 0 aliphatic heterocycles. The summed E-state index contributed by atoms with van der Waals surface area (Å²) in [5.41, 5.74) is 0.800. The molecule has 0 atom stereocenters. The number of nitrogens with one attached hydrogen (secondary N) is 2. The van der Waals surface area contributed by atoms with Crippen molar-refractivity contribution < 1.29 is 22.6 Å². The molecule has 7 nitrogen and oxygen atoms in total. The standard InChI is InChI=1S/C17H28F3N5O2.HI/c1-21-16(22-7-9-25(2)8-4-10-26-3)24-12-14-5-6-15(23-11-14)27-13-17(18,19)20;/h5-6,11H,4,7-10,12-13H2,1-3H3,(H2,21,22,24);1H.